The van der Waals surface area contributed by atoms with Crippen LogP contribution in [0.4, 0.5) is 4.79 Å². The van der Waals surface area contributed by atoms with Crippen LogP contribution in [0.3, 0.4) is 0 Å². The van der Waals surface area contributed by atoms with Crippen LogP contribution in [-0.2, 0) is 26.0 Å². The van der Waals surface area contributed by atoms with Crippen molar-refractivity contribution < 1.29 is 22.8 Å². The largest absolute Gasteiger partial charge is 0.335 e. The maximum absolute atomic E-state index is 13.0. The molecule has 32 heavy (non-hydrogen) atoms. The van der Waals surface area contributed by atoms with E-state index in [2.05, 4.69) is 6.08 Å². The maximum Gasteiger partial charge on any atom is 0.335 e. The number of urea groups is 1. The van der Waals surface area contributed by atoms with E-state index in [-0.39, 0.29) is 30.8 Å². The predicted molar refractivity (Wildman–Crippen MR) is 119 cm³/mol. The number of benzene rings is 1. The Morgan fingerprint density at radius 3 is 2.41 bits per heavy atom. The summed E-state index contributed by atoms with van der Waals surface area (Å²) in [5.74, 6) is -1.57. The maximum atomic E-state index is 13.0. The van der Waals surface area contributed by atoms with Gasteiger partial charge < -0.3 is 0 Å². The zero-order valence-electron chi connectivity index (χ0n) is 18.1. The lowest BCUT2D eigenvalue weighted by molar-refractivity contribution is -0.144. The molecule has 2 fully saturated rings. The summed E-state index contributed by atoms with van der Waals surface area (Å²) < 4.78 is 24.1. The predicted octanol–water partition coefficient (Wildman–Crippen LogP) is 2.31. The van der Waals surface area contributed by atoms with E-state index in [9.17, 15) is 22.8 Å². The van der Waals surface area contributed by atoms with Crippen LogP contribution in [0.15, 0.2) is 42.0 Å². The van der Waals surface area contributed by atoms with Crippen LogP contribution in [0.25, 0.3) is 0 Å². The van der Waals surface area contributed by atoms with Crippen molar-refractivity contribution in [2.75, 3.05) is 24.7 Å². The van der Waals surface area contributed by atoms with Crippen LogP contribution < -0.4 is 0 Å². The Morgan fingerprint density at radius 2 is 1.75 bits per heavy atom. The van der Waals surface area contributed by atoms with Crippen LogP contribution in [0, 0.1) is 0 Å². The van der Waals surface area contributed by atoms with E-state index in [0.29, 0.717) is 19.4 Å². The molecule has 8 nitrogen and oxygen atoms in total. The zero-order valence-corrected chi connectivity index (χ0v) is 18.9. The van der Waals surface area contributed by atoms with E-state index in [1.807, 2.05) is 35.2 Å². The molecule has 0 spiro atoms. The fraction of sp³-hybridized carbons (Fsp3) is 0.522. The molecule has 9 heteroatoms. The highest BCUT2D eigenvalue weighted by Crippen LogP contribution is 2.24. The lowest BCUT2D eigenvalue weighted by Crippen LogP contribution is -2.46. The van der Waals surface area contributed by atoms with Gasteiger partial charge >= 0.3 is 17.8 Å². The van der Waals surface area contributed by atoms with Crippen molar-refractivity contribution >= 4 is 27.7 Å². The van der Waals surface area contributed by atoms with E-state index < -0.39 is 27.7 Å². The average Bonchev–Trinajstić information content (AvgIpc) is 3.25. The number of allylic oxidation sites excluding steroid dienone is 1. The molecule has 1 atom stereocenters. The van der Waals surface area contributed by atoms with Gasteiger partial charge in [0.1, 0.15) is 0 Å². The Bertz CT molecular complexity index is 1020. The van der Waals surface area contributed by atoms with Gasteiger partial charge in [-0.2, -0.15) is 0 Å². The van der Waals surface area contributed by atoms with E-state index in [0.717, 1.165) is 41.0 Å². The fourth-order valence-corrected chi connectivity index (χ4v) is 6.38. The normalized spacial score (nSPS) is 23.3. The Morgan fingerprint density at radius 1 is 1.00 bits per heavy atom. The number of carbonyl (C=O) groups is 3. The third-order valence-electron chi connectivity index (χ3n) is 6.45. The lowest BCUT2D eigenvalue weighted by atomic mass is 9.97. The quantitative estimate of drug-likeness (QED) is 0.336. The summed E-state index contributed by atoms with van der Waals surface area (Å²) in [6.45, 7) is 0.485. The minimum Gasteiger partial charge on any atom is -0.277 e. The molecule has 0 aromatic heterocycles. The molecule has 0 radical (unpaired) electrons. The molecule has 2 saturated heterocycles. The van der Waals surface area contributed by atoms with Gasteiger partial charge in [-0.25, -0.2) is 18.1 Å². The first-order valence-electron chi connectivity index (χ1n) is 11.2. The van der Waals surface area contributed by atoms with Gasteiger partial charge in [0, 0.05) is 19.1 Å². The third kappa shape index (κ3) is 5.10. The number of imide groups is 2. The molecule has 2 aliphatic heterocycles. The van der Waals surface area contributed by atoms with Crippen LogP contribution >= 0.6 is 0 Å². The molecule has 0 bridgehead atoms. The number of rotatable bonds is 8. The SMILES string of the molecule is O=C1C(=O)N(CN(Cc2ccccc2)[C@H]2CCS(=O)(=O)C2)C(=O)N1CCC1=CCCCC1. The summed E-state index contributed by atoms with van der Waals surface area (Å²) in [6, 6.07) is 8.57. The summed E-state index contributed by atoms with van der Waals surface area (Å²) in [7, 11) is -3.15. The molecule has 172 valence electrons. The first-order valence-corrected chi connectivity index (χ1v) is 13.0. The van der Waals surface area contributed by atoms with Crippen molar-refractivity contribution in [2.24, 2.45) is 0 Å². The molecule has 0 unspecified atom stereocenters. The molecular formula is C23H29N3O5S. The molecule has 3 aliphatic rings. The molecule has 0 N–H and O–H groups in total. The minimum atomic E-state index is -3.15. The monoisotopic (exact) mass is 459 g/mol. The minimum absolute atomic E-state index is 0.0120. The van der Waals surface area contributed by atoms with Crippen molar-refractivity contribution in [2.45, 2.75) is 51.1 Å². The highest BCUT2D eigenvalue weighted by molar-refractivity contribution is 7.91. The number of nitrogens with zero attached hydrogens (tertiary/aromatic N) is 3. The smallest absolute Gasteiger partial charge is 0.277 e. The van der Waals surface area contributed by atoms with E-state index in [1.165, 1.54) is 5.57 Å². The van der Waals surface area contributed by atoms with Crippen LogP contribution in [0.5, 0.6) is 0 Å². The molecule has 1 aromatic rings. The van der Waals surface area contributed by atoms with Crippen molar-refractivity contribution in [1.29, 1.82) is 0 Å². The number of hydrogen-bond donors (Lipinski definition) is 0. The second-order valence-electron chi connectivity index (χ2n) is 8.76. The number of carbonyl (C=O) groups excluding carboxylic acids is 3. The van der Waals surface area contributed by atoms with E-state index >= 15 is 0 Å². The number of hydrogen-bond acceptors (Lipinski definition) is 6. The summed E-state index contributed by atoms with van der Waals surface area (Å²) in [5, 5.41) is 0. The summed E-state index contributed by atoms with van der Waals surface area (Å²) >= 11 is 0. The number of amides is 4. The molecule has 4 amide bonds. The van der Waals surface area contributed by atoms with Crippen molar-refractivity contribution in [3.8, 4) is 0 Å². The van der Waals surface area contributed by atoms with Crippen molar-refractivity contribution in [3.05, 3.63) is 47.5 Å². The first kappa shape index (κ1) is 22.7. The standard InChI is InChI=1S/C23H29N3O5S/c27-21-22(28)26(23(29)25(21)13-11-18-7-3-1-4-8-18)17-24(15-19-9-5-2-6-10-19)20-12-14-32(30,31)16-20/h2,5-7,9-10,20H,1,3-4,8,11-17H2/t20-/m0/s1. The van der Waals surface area contributed by atoms with Gasteiger partial charge in [-0.05, 0) is 44.1 Å². The summed E-state index contributed by atoms with van der Waals surface area (Å²) in [5.41, 5.74) is 2.17. The summed E-state index contributed by atoms with van der Waals surface area (Å²) in [6.07, 6.45) is 7.44. The fourth-order valence-electron chi connectivity index (χ4n) is 4.62. The average molecular weight is 460 g/mol. The van der Waals surface area contributed by atoms with E-state index in [4.69, 9.17) is 0 Å². The lowest BCUT2D eigenvalue weighted by Gasteiger charge is -2.31. The second kappa shape index (κ2) is 9.54. The van der Waals surface area contributed by atoms with Gasteiger partial charge in [-0.1, -0.05) is 42.0 Å². The molecule has 0 saturated carbocycles. The van der Waals surface area contributed by atoms with Gasteiger partial charge in [0.25, 0.3) is 0 Å². The second-order valence-corrected chi connectivity index (χ2v) is 11.0. The highest BCUT2D eigenvalue weighted by Gasteiger charge is 2.46. The van der Waals surface area contributed by atoms with Gasteiger partial charge in [0.05, 0.1) is 18.2 Å². The Labute approximate surface area is 188 Å². The first-order chi connectivity index (χ1) is 15.3. The molecule has 1 aromatic carbocycles. The topological polar surface area (TPSA) is 95.1 Å². The Kier molecular flexibility index (Phi) is 6.76. The van der Waals surface area contributed by atoms with Crippen LogP contribution in [-0.4, -0.2) is 71.7 Å². The van der Waals surface area contributed by atoms with E-state index in [1.54, 1.807) is 0 Å². The van der Waals surface area contributed by atoms with Crippen LogP contribution in [0.2, 0.25) is 0 Å². The van der Waals surface area contributed by atoms with Crippen molar-refractivity contribution in [1.82, 2.24) is 14.7 Å². The van der Waals surface area contributed by atoms with Gasteiger partial charge in [-0.15, -0.1) is 0 Å². The molecular weight excluding hydrogens is 430 g/mol. The number of sulfone groups is 1. The highest BCUT2D eigenvalue weighted by atomic mass is 32.2. The van der Waals surface area contributed by atoms with Gasteiger partial charge in [0.15, 0.2) is 9.84 Å². The summed E-state index contributed by atoms with van der Waals surface area (Å²) in [4.78, 5) is 42.0. The Hall–Kier alpha value is -2.52. The Balaban J connectivity index is 1.48. The third-order valence-corrected chi connectivity index (χ3v) is 8.20. The van der Waals surface area contributed by atoms with Gasteiger partial charge in [-0.3, -0.25) is 19.4 Å². The van der Waals surface area contributed by atoms with Crippen molar-refractivity contribution in [3.63, 3.8) is 0 Å². The molecule has 1 aliphatic carbocycles. The van der Waals surface area contributed by atoms with Crippen LogP contribution in [0.1, 0.15) is 44.1 Å². The van der Waals surface area contributed by atoms with Gasteiger partial charge in [0.2, 0.25) is 0 Å². The molecule has 2 heterocycles. The molecule has 4 rings (SSSR count). The zero-order chi connectivity index (χ0) is 22.7.